The number of ether oxygens (including phenoxy) is 1. The first kappa shape index (κ1) is 35.2. The van der Waals surface area contributed by atoms with Crippen LogP contribution >= 0.6 is 46.1 Å². The smallest absolute Gasteiger partial charge is 0.578 e. The van der Waals surface area contributed by atoms with Gasteiger partial charge in [-0.05, 0) is 12.1 Å². The molecule has 1 aliphatic rings. The summed E-state index contributed by atoms with van der Waals surface area (Å²) in [4.78, 5) is 17.4. The molecule has 1 saturated heterocycles. The van der Waals surface area contributed by atoms with Crippen molar-refractivity contribution in [2.45, 2.75) is 23.1 Å². The lowest BCUT2D eigenvalue weighted by Crippen LogP contribution is -2.49. The maximum Gasteiger partial charge on any atom is 0.578 e. The molecule has 1 aromatic carbocycles. The average Bonchev–Trinajstić information content (AvgIpc) is 3.46. The molecule has 24 heteroatoms. The highest BCUT2D eigenvalue weighted by atomic mass is 35.5. The first-order valence-electron chi connectivity index (χ1n) is 11.1. The Balaban J connectivity index is 0.000000257. The number of alkyl halides is 6. The Kier molecular flexibility index (Phi) is 11.0. The number of aromatic nitrogens is 3. The molecule has 0 bridgehead atoms. The Morgan fingerprint density at radius 1 is 1.23 bits per heavy atom. The number of nitriles is 1. The predicted molar refractivity (Wildman–Crippen MR) is 146 cm³/mol. The van der Waals surface area contributed by atoms with Crippen LogP contribution in [0.15, 0.2) is 28.3 Å². The van der Waals surface area contributed by atoms with E-state index in [1.807, 2.05) is 0 Å². The summed E-state index contributed by atoms with van der Waals surface area (Å²) in [7, 11) is 1.67. The van der Waals surface area contributed by atoms with Crippen molar-refractivity contribution >= 4 is 69.1 Å². The largest absolute Gasteiger partial charge is 0.604 e. The van der Waals surface area contributed by atoms with Crippen LogP contribution in [0.1, 0.15) is 16.1 Å². The van der Waals surface area contributed by atoms with E-state index in [1.54, 1.807) is 23.0 Å². The Morgan fingerprint density at radius 3 is 2.32 bits per heavy atom. The number of halogens is 9. The summed E-state index contributed by atoms with van der Waals surface area (Å²) in [6, 6.07) is 2.19. The van der Waals surface area contributed by atoms with Crippen LogP contribution in [-0.2, 0) is 28.6 Å². The van der Waals surface area contributed by atoms with Crippen molar-refractivity contribution in [2.24, 2.45) is 5.10 Å². The molecule has 1 aliphatic heterocycles. The average molecular weight is 729 g/mol. The molecule has 2 aromatic heterocycles. The van der Waals surface area contributed by atoms with Crippen molar-refractivity contribution in [1.29, 1.82) is 5.26 Å². The number of rotatable bonds is 5. The second-order valence-corrected chi connectivity index (χ2v) is 12.1. The molecule has 0 amide bonds. The number of anilines is 1. The van der Waals surface area contributed by atoms with Crippen LogP contribution in [0.2, 0.25) is 14.5 Å². The fourth-order valence-corrected chi connectivity index (χ4v) is 5.82. The normalized spacial score (nSPS) is 15.5. The topological polar surface area (TPSA) is 175 Å². The Labute approximate surface area is 264 Å². The van der Waals surface area contributed by atoms with Crippen molar-refractivity contribution in [3.05, 3.63) is 59.1 Å². The van der Waals surface area contributed by atoms with Gasteiger partial charge in [-0.25, -0.2) is 19.8 Å². The van der Waals surface area contributed by atoms with Gasteiger partial charge in [0, 0.05) is 18.1 Å². The van der Waals surface area contributed by atoms with Gasteiger partial charge in [0.25, 0.3) is 5.96 Å². The van der Waals surface area contributed by atoms with Crippen molar-refractivity contribution in [1.82, 2.24) is 24.6 Å². The zero-order chi connectivity index (χ0) is 33.1. The molecule has 13 nitrogen and oxygen atoms in total. The summed E-state index contributed by atoms with van der Waals surface area (Å²) in [6.07, 6.45) is -3.16. The number of nitrogen functional groups attached to an aromatic ring is 1. The molecular formula is C20H14Cl3F6N9O4S2. The lowest BCUT2D eigenvalue weighted by molar-refractivity contribution is -0.486. The number of benzene rings is 1. The highest BCUT2D eigenvalue weighted by molar-refractivity contribution is 7.92. The van der Waals surface area contributed by atoms with E-state index in [0.29, 0.717) is 27.8 Å². The summed E-state index contributed by atoms with van der Waals surface area (Å²) in [6.45, 7) is 0.931. The van der Waals surface area contributed by atoms with Gasteiger partial charge in [0.05, 0.1) is 22.2 Å². The SMILES string of the molecule is CN1COCN(Cc2cnc(Cl)s2)/C1=N/[N+](=O)[O-].N#Cc1nn(-c2c(Cl)cc(C(F)(F)F)cc2Cl)c(N)c1[S+]([O-])C(F)(F)F. The predicted octanol–water partition coefficient (Wildman–Crippen LogP) is 5.30. The molecule has 0 radical (unpaired) electrons. The number of hydrazone groups is 1. The van der Waals surface area contributed by atoms with Crippen LogP contribution < -0.4 is 5.73 Å². The molecule has 0 aliphatic carbocycles. The van der Waals surface area contributed by atoms with E-state index >= 15 is 0 Å². The molecule has 4 rings (SSSR count). The lowest BCUT2D eigenvalue weighted by Gasteiger charge is -2.34. The van der Waals surface area contributed by atoms with Gasteiger partial charge in [0.2, 0.25) is 10.6 Å². The molecule has 3 aromatic rings. The van der Waals surface area contributed by atoms with E-state index in [4.69, 9.17) is 50.5 Å². The first-order valence-corrected chi connectivity index (χ1v) is 14.2. The van der Waals surface area contributed by atoms with Crippen LogP contribution in [-0.4, -0.2) is 66.1 Å². The number of hydrogen-bond donors (Lipinski definition) is 1. The number of nitro groups is 1. The fraction of sp³-hybridized carbons (Fsp3) is 0.300. The minimum atomic E-state index is -5.25. The van der Waals surface area contributed by atoms with Crippen LogP contribution in [0.4, 0.5) is 32.2 Å². The third kappa shape index (κ3) is 8.26. The molecule has 3 heterocycles. The van der Waals surface area contributed by atoms with Crippen molar-refractivity contribution in [2.75, 3.05) is 26.2 Å². The van der Waals surface area contributed by atoms with Gasteiger partial charge < -0.3 is 24.8 Å². The number of guanidine groups is 1. The summed E-state index contributed by atoms with van der Waals surface area (Å²) >= 11 is 14.8. The molecular weight excluding hydrogens is 715 g/mol. The summed E-state index contributed by atoms with van der Waals surface area (Å²) < 4.78 is 94.1. The zero-order valence-electron chi connectivity index (χ0n) is 21.4. The molecule has 44 heavy (non-hydrogen) atoms. The van der Waals surface area contributed by atoms with E-state index in [-0.39, 0.29) is 19.4 Å². The maximum absolute atomic E-state index is 12.7. The Morgan fingerprint density at radius 2 is 1.84 bits per heavy atom. The van der Waals surface area contributed by atoms with Crippen LogP contribution in [0.3, 0.4) is 0 Å². The second-order valence-electron chi connectivity index (χ2n) is 8.16. The van der Waals surface area contributed by atoms with E-state index < -0.39 is 65.6 Å². The number of thiazole rings is 1. The van der Waals surface area contributed by atoms with Crippen molar-refractivity contribution in [3.63, 3.8) is 0 Å². The molecule has 0 spiro atoms. The molecule has 1 atom stereocenters. The highest BCUT2D eigenvalue weighted by Crippen LogP contribution is 2.41. The van der Waals surface area contributed by atoms with Crippen molar-refractivity contribution < 1.29 is 40.7 Å². The fourth-order valence-electron chi connectivity index (χ4n) is 3.41. The van der Waals surface area contributed by atoms with Crippen LogP contribution in [0, 0.1) is 21.4 Å². The van der Waals surface area contributed by atoms with Gasteiger partial charge in [-0.3, -0.25) is 0 Å². The van der Waals surface area contributed by atoms with E-state index in [2.05, 4.69) is 15.2 Å². The van der Waals surface area contributed by atoms with E-state index in [1.165, 1.54) is 17.4 Å². The quantitative estimate of drug-likeness (QED) is 0.157. The van der Waals surface area contributed by atoms with Gasteiger partial charge in [-0.1, -0.05) is 34.8 Å². The highest BCUT2D eigenvalue weighted by Gasteiger charge is 2.50. The Bertz CT molecular complexity index is 1590. The number of hydrogen-bond acceptors (Lipinski definition) is 9. The first-order chi connectivity index (χ1) is 20.3. The Hall–Kier alpha value is -3.26. The number of nitrogens with two attached hydrogens (primary N) is 1. The van der Waals surface area contributed by atoms with Gasteiger partial charge in [0.15, 0.2) is 15.3 Å². The third-order valence-corrected chi connectivity index (χ3v) is 8.00. The van der Waals surface area contributed by atoms with Gasteiger partial charge >= 0.3 is 11.7 Å². The third-order valence-electron chi connectivity index (χ3n) is 5.13. The minimum Gasteiger partial charge on any atom is -0.604 e. The van der Waals surface area contributed by atoms with Crippen LogP contribution in [0.25, 0.3) is 5.69 Å². The summed E-state index contributed by atoms with van der Waals surface area (Å²) in [5.74, 6) is -0.642. The second kappa shape index (κ2) is 13.8. The van der Waals surface area contributed by atoms with Gasteiger partial charge in [-0.2, -0.15) is 18.4 Å². The van der Waals surface area contributed by atoms with Crippen molar-refractivity contribution in [3.8, 4) is 11.8 Å². The molecule has 238 valence electrons. The van der Waals surface area contributed by atoms with Crippen LogP contribution in [0.5, 0.6) is 0 Å². The van der Waals surface area contributed by atoms with E-state index in [9.17, 15) is 41.0 Å². The lowest BCUT2D eigenvalue weighted by atomic mass is 10.2. The van der Waals surface area contributed by atoms with E-state index in [0.717, 1.165) is 4.88 Å². The summed E-state index contributed by atoms with van der Waals surface area (Å²) in [5, 5.41) is 24.2. The summed E-state index contributed by atoms with van der Waals surface area (Å²) in [5.41, 5.74) is -2.42. The molecule has 2 N–H and O–H groups in total. The number of nitrogens with zero attached hydrogens (tertiary/aromatic N) is 8. The maximum atomic E-state index is 12.7. The van der Waals surface area contributed by atoms with Gasteiger partial charge in [-0.15, -0.1) is 29.6 Å². The molecule has 1 unspecified atom stereocenters. The van der Waals surface area contributed by atoms with Gasteiger partial charge in [0.1, 0.15) is 41.5 Å². The standard InChI is InChI=1S/C12H4Cl2F6N4OS.C8H10ClN5O3S/c13-5-1-4(11(15,16)17)2-6(14)8(5)24-10(22)9(7(3-21)23-24)26(25)12(18,19)20;1-12-4-17-5-13(8(12)11-14(15)16)3-6-2-10-7(9)18-6/h1-2H,22H2;2H,3-5H2,1H3/b;11-8+. The zero-order valence-corrected chi connectivity index (χ0v) is 25.3. The molecule has 1 fully saturated rings. The minimum absolute atomic E-state index is 0.243. The monoisotopic (exact) mass is 727 g/mol. The molecule has 0 saturated carbocycles.